The third-order valence-electron chi connectivity index (χ3n) is 4.27. The van der Waals surface area contributed by atoms with Gasteiger partial charge in [0.1, 0.15) is 11.6 Å². The predicted molar refractivity (Wildman–Crippen MR) is 93.0 cm³/mol. The molecule has 0 saturated heterocycles. The highest BCUT2D eigenvalue weighted by Crippen LogP contribution is 2.31. The fraction of sp³-hybridized carbons (Fsp3) is 0.278. The molecule has 2 aromatic heterocycles. The van der Waals surface area contributed by atoms with Crippen molar-refractivity contribution in [3.8, 4) is 10.7 Å². The molecule has 0 saturated carbocycles. The lowest BCUT2D eigenvalue weighted by atomic mass is 10.0. The zero-order chi connectivity index (χ0) is 18.1. The fourth-order valence-corrected chi connectivity index (χ4v) is 3.76. The van der Waals surface area contributed by atoms with E-state index in [1.807, 2.05) is 17.5 Å². The maximum absolute atomic E-state index is 14.2. The zero-order valence-electron chi connectivity index (χ0n) is 13.7. The van der Waals surface area contributed by atoms with Crippen molar-refractivity contribution in [2.24, 2.45) is 0 Å². The number of halogens is 2. The Morgan fingerprint density at radius 2 is 2.23 bits per heavy atom. The van der Waals surface area contributed by atoms with Gasteiger partial charge in [-0.15, -0.1) is 11.3 Å². The number of anilines is 1. The van der Waals surface area contributed by atoms with Crippen LogP contribution in [0.5, 0.6) is 0 Å². The van der Waals surface area contributed by atoms with Crippen molar-refractivity contribution in [1.29, 1.82) is 0 Å². The van der Waals surface area contributed by atoms with Gasteiger partial charge < -0.3 is 9.42 Å². The van der Waals surface area contributed by atoms with Crippen molar-refractivity contribution >= 4 is 22.9 Å². The first-order chi connectivity index (χ1) is 12.6. The molecule has 3 heterocycles. The van der Waals surface area contributed by atoms with Crippen LogP contribution in [-0.2, 0) is 17.6 Å². The van der Waals surface area contributed by atoms with Gasteiger partial charge in [-0.2, -0.15) is 4.98 Å². The Hall–Kier alpha value is -2.61. The van der Waals surface area contributed by atoms with Gasteiger partial charge in [0.05, 0.1) is 10.6 Å². The predicted octanol–water partition coefficient (Wildman–Crippen LogP) is 3.99. The summed E-state index contributed by atoms with van der Waals surface area (Å²) in [5.41, 5.74) is 0.715. The van der Waals surface area contributed by atoms with Crippen LogP contribution >= 0.6 is 11.3 Å². The molecule has 5 nitrogen and oxygen atoms in total. The molecule has 0 unspecified atom stereocenters. The Bertz CT molecular complexity index is 940. The van der Waals surface area contributed by atoms with E-state index in [1.54, 1.807) is 0 Å². The molecule has 0 aliphatic carbocycles. The minimum Gasteiger partial charge on any atom is -0.339 e. The molecule has 0 radical (unpaired) electrons. The summed E-state index contributed by atoms with van der Waals surface area (Å²) >= 11 is 1.50. The lowest BCUT2D eigenvalue weighted by molar-refractivity contribution is -0.118. The number of aromatic nitrogens is 2. The molecule has 0 atom stereocenters. The molecule has 0 bridgehead atoms. The molecule has 0 N–H and O–H groups in total. The van der Waals surface area contributed by atoms with E-state index in [-0.39, 0.29) is 24.4 Å². The maximum Gasteiger partial charge on any atom is 0.227 e. The van der Waals surface area contributed by atoms with Crippen molar-refractivity contribution in [2.45, 2.75) is 25.7 Å². The van der Waals surface area contributed by atoms with Crippen molar-refractivity contribution in [2.75, 3.05) is 11.4 Å². The van der Waals surface area contributed by atoms with Crippen molar-refractivity contribution in [1.82, 2.24) is 10.1 Å². The second-order valence-corrected chi connectivity index (χ2v) is 6.98. The Kier molecular flexibility index (Phi) is 4.50. The first-order valence-corrected chi connectivity index (χ1v) is 9.14. The summed E-state index contributed by atoms with van der Waals surface area (Å²) in [5.74, 6) is -0.716. The third-order valence-corrected chi connectivity index (χ3v) is 5.13. The maximum atomic E-state index is 14.2. The van der Waals surface area contributed by atoms with Gasteiger partial charge in [-0.1, -0.05) is 11.2 Å². The molecule has 3 aromatic rings. The number of carbonyl (C=O) groups excluding carboxylic acids is 1. The summed E-state index contributed by atoms with van der Waals surface area (Å²) in [4.78, 5) is 19.1. The summed E-state index contributed by atoms with van der Waals surface area (Å²) < 4.78 is 32.8. The topological polar surface area (TPSA) is 59.2 Å². The minimum absolute atomic E-state index is 0.113. The fourth-order valence-electron chi connectivity index (χ4n) is 3.11. The van der Waals surface area contributed by atoms with E-state index in [2.05, 4.69) is 10.1 Å². The molecule has 8 heteroatoms. The van der Waals surface area contributed by atoms with Crippen LogP contribution in [0.1, 0.15) is 24.3 Å². The second kappa shape index (κ2) is 6.95. The number of hydrogen-bond donors (Lipinski definition) is 0. The number of nitrogens with zero attached hydrogens (tertiary/aromatic N) is 3. The van der Waals surface area contributed by atoms with E-state index < -0.39 is 11.6 Å². The summed E-state index contributed by atoms with van der Waals surface area (Å²) in [7, 11) is 0. The number of carbonyl (C=O) groups is 1. The lowest BCUT2D eigenvalue weighted by Gasteiger charge is -2.29. The van der Waals surface area contributed by atoms with E-state index in [1.165, 1.54) is 22.3 Å². The van der Waals surface area contributed by atoms with E-state index in [9.17, 15) is 13.6 Å². The van der Waals surface area contributed by atoms with E-state index in [0.717, 1.165) is 10.9 Å². The van der Waals surface area contributed by atoms with Crippen LogP contribution in [0.25, 0.3) is 10.7 Å². The van der Waals surface area contributed by atoms with Crippen LogP contribution < -0.4 is 4.90 Å². The van der Waals surface area contributed by atoms with Crippen LogP contribution in [0.2, 0.25) is 0 Å². The van der Waals surface area contributed by atoms with Crippen LogP contribution in [0.15, 0.2) is 34.2 Å². The Labute approximate surface area is 152 Å². The molecule has 134 valence electrons. The molecular formula is C18H15F2N3O2S. The Morgan fingerprint density at radius 1 is 1.35 bits per heavy atom. The largest absolute Gasteiger partial charge is 0.339 e. The number of fused-ring (bicyclic) bond motifs is 1. The smallest absolute Gasteiger partial charge is 0.227 e. The van der Waals surface area contributed by atoms with Gasteiger partial charge in [-0.3, -0.25) is 4.79 Å². The molecule has 1 aliphatic rings. The van der Waals surface area contributed by atoms with Gasteiger partial charge >= 0.3 is 0 Å². The Balaban J connectivity index is 1.47. The van der Waals surface area contributed by atoms with Crippen LogP contribution in [0, 0.1) is 11.6 Å². The average molecular weight is 375 g/mol. The van der Waals surface area contributed by atoms with Crippen molar-refractivity contribution < 1.29 is 18.1 Å². The van der Waals surface area contributed by atoms with Crippen molar-refractivity contribution in [3.63, 3.8) is 0 Å². The van der Waals surface area contributed by atoms with E-state index >= 15 is 0 Å². The number of hydrogen-bond acceptors (Lipinski definition) is 5. The molecule has 1 aliphatic heterocycles. The summed E-state index contributed by atoms with van der Waals surface area (Å²) in [6.45, 7) is 0.415. The molecule has 26 heavy (non-hydrogen) atoms. The summed E-state index contributed by atoms with van der Waals surface area (Å²) in [6.07, 6.45) is 1.61. The molecule has 0 fully saturated rings. The normalized spacial score (nSPS) is 13.7. The number of amides is 1. The van der Waals surface area contributed by atoms with Gasteiger partial charge in [0, 0.05) is 25.5 Å². The van der Waals surface area contributed by atoms with Crippen LogP contribution in [-0.4, -0.2) is 22.6 Å². The highest BCUT2D eigenvalue weighted by Gasteiger charge is 2.26. The number of rotatable bonds is 4. The van der Waals surface area contributed by atoms with E-state index in [4.69, 9.17) is 4.52 Å². The molecule has 1 amide bonds. The van der Waals surface area contributed by atoms with Gasteiger partial charge in [-0.05, 0) is 35.9 Å². The molecular weight excluding hydrogens is 360 g/mol. The molecule has 0 spiro atoms. The highest BCUT2D eigenvalue weighted by atomic mass is 32.1. The second-order valence-electron chi connectivity index (χ2n) is 6.03. The Morgan fingerprint density at radius 3 is 3.04 bits per heavy atom. The first kappa shape index (κ1) is 16.8. The van der Waals surface area contributed by atoms with Crippen LogP contribution in [0.3, 0.4) is 0 Å². The monoisotopic (exact) mass is 375 g/mol. The SMILES string of the molecule is O=C(CCc1nc(-c2cccs2)no1)N1CCCc2cc(F)cc(F)c21. The average Bonchev–Trinajstić information content (AvgIpc) is 3.30. The van der Waals surface area contributed by atoms with Gasteiger partial charge in [0.15, 0.2) is 0 Å². The number of thiophene rings is 1. The molecule has 1 aromatic carbocycles. The van der Waals surface area contributed by atoms with Crippen molar-refractivity contribution in [3.05, 3.63) is 52.7 Å². The van der Waals surface area contributed by atoms with Gasteiger partial charge in [0.25, 0.3) is 0 Å². The van der Waals surface area contributed by atoms with E-state index in [0.29, 0.717) is 36.7 Å². The lowest BCUT2D eigenvalue weighted by Crippen LogP contribution is -2.36. The first-order valence-electron chi connectivity index (χ1n) is 8.26. The van der Waals surface area contributed by atoms with Crippen LogP contribution in [0.4, 0.5) is 14.5 Å². The van der Waals surface area contributed by atoms with Gasteiger partial charge in [-0.25, -0.2) is 8.78 Å². The number of benzene rings is 1. The summed E-state index contributed by atoms with van der Waals surface area (Å²) in [5, 5.41) is 5.82. The number of aryl methyl sites for hydroxylation is 2. The quantitative estimate of drug-likeness (QED) is 0.692. The highest BCUT2D eigenvalue weighted by molar-refractivity contribution is 7.13. The summed E-state index contributed by atoms with van der Waals surface area (Å²) in [6, 6.07) is 5.89. The van der Waals surface area contributed by atoms with Gasteiger partial charge in [0.2, 0.25) is 17.6 Å². The standard InChI is InChI=1S/C18H15F2N3O2S/c19-12-9-11-3-1-7-23(17(11)13(20)10-12)16(24)6-5-15-21-18(22-25-15)14-4-2-8-26-14/h2,4,8-10H,1,3,5-7H2. The zero-order valence-corrected chi connectivity index (χ0v) is 14.6. The third kappa shape index (κ3) is 3.24. The molecule has 4 rings (SSSR count). The minimum atomic E-state index is -0.703.